The number of Topliss-reactive ketones (excluding diaryl/α,β-unsaturated/α-hetero) is 3. The number of nitrogens with zero attached hydrogens (tertiary/aromatic N) is 1. The summed E-state index contributed by atoms with van der Waals surface area (Å²) in [6.07, 6.45) is -14.9. The smallest absolute Gasteiger partial charge is 0.410 e. The van der Waals surface area contributed by atoms with Crippen LogP contribution in [0.1, 0.15) is 197 Å². The molecule has 680 valence electrons. The van der Waals surface area contributed by atoms with Gasteiger partial charge in [0, 0.05) is 62.0 Å². The number of halogens is 2. The Labute approximate surface area is 742 Å². The molecule has 8 amide bonds. The number of amides is 8. The van der Waals surface area contributed by atoms with Crippen LogP contribution in [-0.2, 0) is 57.4 Å². The van der Waals surface area contributed by atoms with E-state index in [1.807, 2.05) is 0 Å². The molecular weight excluding hydrogens is 1690 g/mol. The summed E-state index contributed by atoms with van der Waals surface area (Å²) in [7, 11) is 1.28. The monoisotopic (exact) mass is 1800 g/mol. The van der Waals surface area contributed by atoms with Crippen molar-refractivity contribution in [3.63, 3.8) is 0 Å². The van der Waals surface area contributed by atoms with Crippen LogP contribution in [0.25, 0.3) is 11.1 Å². The van der Waals surface area contributed by atoms with Gasteiger partial charge in [0.1, 0.15) is 106 Å². The molecule has 0 spiro atoms. The lowest BCUT2D eigenvalue weighted by atomic mass is 9.51. The summed E-state index contributed by atoms with van der Waals surface area (Å²) in [5.41, 5.74) is -3.80. The van der Waals surface area contributed by atoms with Crippen molar-refractivity contribution < 1.29 is 127 Å². The fraction of sp³-hybridized carbons (Fsp3) is 0.489. The first kappa shape index (κ1) is 93.5. The van der Waals surface area contributed by atoms with E-state index < -0.39 is 237 Å². The molecule has 14 N–H and O–H groups in total. The van der Waals surface area contributed by atoms with Crippen LogP contribution in [0.2, 0.25) is 10.0 Å². The van der Waals surface area contributed by atoms with Crippen LogP contribution in [0.5, 0.6) is 51.7 Å². The number of esters is 1. The van der Waals surface area contributed by atoms with Gasteiger partial charge in [0.2, 0.25) is 41.6 Å². The summed E-state index contributed by atoms with van der Waals surface area (Å²) < 4.78 is 43.0. The van der Waals surface area contributed by atoms with E-state index >= 15 is 33.6 Å². The zero-order chi connectivity index (χ0) is 91.9. The number of hydrogen-bond donors (Lipinski definition) is 14. The van der Waals surface area contributed by atoms with E-state index in [4.69, 9.17) is 56.4 Å². The number of imide groups is 1. The van der Waals surface area contributed by atoms with Gasteiger partial charge in [0.15, 0.2) is 28.8 Å². The Kier molecular flexibility index (Phi) is 28.3. The number of urea groups is 1. The minimum absolute atomic E-state index is 0.0715. The fourth-order valence-electron chi connectivity index (χ4n) is 18.4. The Morgan fingerprint density at radius 1 is 0.630 bits per heavy atom. The molecule has 4 aliphatic carbocycles. The number of aromatic hydroxyl groups is 3. The molecule has 6 aromatic carbocycles. The van der Waals surface area contributed by atoms with Crippen molar-refractivity contribution in [2.75, 3.05) is 19.0 Å². The first-order valence-corrected chi connectivity index (χ1v) is 43.3. The van der Waals surface area contributed by atoms with Crippen molar-refractivity contribution >= 4 is 93.9 Å². The lowest BCUT2D eigenvalue weighted by Gasteiger charge is -2.54. The van der Waals surface area contributed by atoms with Gasteiger partial charge >= 0.3 is 18.1 Å². The van der Waals surface area contributed by atoms with E-state index in [0.29, 0.717) is 24.2 Å². The van der Waals surface area contributed by atoms with E-state index in [9.17, 15) is 60.0 Å². The van der Waals surface area contributed by atoms with Crippen molar-refractivity contribution in [3.8, 4) is 62.9 Å². The van der Waals surface area contributed by atoms with Gasteiger partial charge < -0.3 is 101 Å². The molecule has 0 radical (unpaired) electrons. The van der Waals surface area contributed by atoms with E-state index in [1.165, 1.54) is 67.7 Å². The Balaban J connectivity index is 1.00. The predicted octanol–water partition coefficient (Wildman–Crippen LogP) is 10.8. The molecule has 4 saturated carbocycles. The maximum Gasteiger partial charge on any atom is 0.410 e. The quantitative estimate of drug-likeness (QED) is 0.0355. The Hall–Kier alpha value is -11.2. The van der Waals surface area contributed by atoms with Gasteiger partial charge in [-0.3, -0.25) is 53.4 Å². The number of carbonyl (C=O) groups is 11. The van der Waals surface area contributed by atoms with Gasteiger partial charge in [-0.05, 0) is 236 Å². The highest BCUT2D eigenvalue weighted by atomic mass is 35.5. The molecule has 6 heterocycles. The third kappa shape index (κ3) is 21.7. The summed E-state index contributed by atoms with van der Waals surface area (Å²) in [4.78, 5) is 168. The molecule has 1 saturated heterocycles. The number of anilines is 1. The molecule has 35 heteroatoms. The minimum atomic E-state index is -2.30. The van der Waals surface area contributed by atoms with Crippen LogP contribution in [0, 0.1) is 41.4 Å². The normalized spacial score (nSPS) is 26.6. The highest BCUT2D eigenvalue weighted by Crippen LogP contribution is 2.58. The first-order chi connectivity index (χ1) is 59.9. The van der Waals surface area contributed by atoms with Crippen LogP contribution >= 0.6 is 23.2 Å². The fourth-order valence-corrected chi connectivity index (χ4v) is 18.9. The highest BCUT2D eigenvalue weighted by molar-refractivity contribution is 6.32. The second-order valence-electron chi connectivity index (χ2n) is 36.4. The van der Waals surface area contributed by atoms with Crippen molar-refractivity contribution in [2.45, 2.75) is 230 Å². The maximum absolute atomic E-state index is 16.8. The van der Waals surface area contributed by atoms with E-state index in [0.717, 1.165) is 79.5 Å². The number of aliphatic hydroxyl groups excluding tert-OH is 5. The van der Waals surface area contributed by atoms with E-state index in [1.54, 1.807) is 62.3 Å². The molecule has 16 rings (SSSR count). The number of ether oxygens (including phenoxy) is 7. The highest BCUT2D eigenvalue weighted by Gasteiger charge is 2.52. The van der Waals surface area contributed by atoms with E-state index in [2.05, 4.69) is 31.9 Å². The number of phenols is 3. The van der Waals surface area contributed by atoms with Gasteiger partial charge in [0.05, 0.1) is 34.6 Å². The van der Waals surface area contributed by atoms with Gasteiger partial charge in [-0.2, -0.15) is 0 Å². The average Bonchev–Trinajstić information content (AvgIpc) is 0.757. The summed E-state index contributed by atoms with van der Waals surface area (Å²) >= 11 is 14.5. The Morgan fingerprint density at radius 2 is 1.24 bits per heavy atom. The SMILES string of the molecule is CCOc1ccc(NC(=O)NC(=O)C[C@@H]2CC(=O)[C@H](NC(=O)[C@@H](CC(C)C)N(C)C(=O)OC(C)(C)C)[C@H](O)c3ccc(c(Cl)c3)Oc3cc4cc(c3O[C@@H]3O[C@H](CCC(=O)OC(C)(C)C)[C@@H](O)[C@H](O)[C@H]3O)Oc3ccc(cc3Cl)[C@@H](O)[C@@H]3NC(=O)[C@H](CC(=O)[C@@H]4NC2=O)c2ccc(O)c(c2)-c2c(O)cc(O)cc2[C@@H](C(=O)CC2C4CC5CC(C4)CC2C5)NC3=O)cc1. The first-order valence-electron chi connectivity index (χ1n) is 42.5. The standard InChI is InChI=1S/C92H107Cl2N7O26/c1-11-121-53-17-15-51(16-18-53)95-89(119)96-71(108)36-50-33-63(105)76(99-86(117)60(24-41(2)3)101(10)90(120)127-92(7,8)9)78(110)45-13-20-66(58(93)31-45)122-69-34-49-35-70(83(69)125-88-82(114)81(113)80(112)68(124-88)22-23-72(109)126-91(4,5)6)123-67-21-14-46(32-59(67)94)79(111)77-87(118)98-75(65(107)39-54-47-26-42-25-43(28-47)29-48(54)27-42)57-37-52(102)38-62(104)73(57)56-30-44(12-19-61(56)103)55(85(116)100-77)40-64(106)74(49)97-84(50)115/h12-21,30-32,34-35,37-38,41-43,47-48,50,54-55,60,68,74-82,88,102-104,110-114H,11,22-29,33,36,39-40H2,1-10H3,(H,97,115)(H,98,118)(H,99,117)(H,100,116)(H2,95,96,108,119)/t42?,43?,47?,48?,50-,54?,55+,60+,68+,74+,75-,76-,77-,78+,79+,80+,81-,82+,88-/m0/s1. The van der Waals surface area contributed by atoms with Gasteiger partial charge in [-0.25, -0.2) is 9.59 Å². The lowest BCUT2D eigenvalue weighted by Crippen LogP contribution is -2.59. The molecule has 5 fully saturated rings. The van der Waals surface area contributed by atoms with Gasteiger partial charge in [-0.15, -0.1) is 0 Å². The number of nitrogens with one attached hydrogen (secondary N) is 6. The number of phenolic OH excluding ortho intramolecular Hbond substituents is 3. The minimum Gasteiger partial charge on any atom is -0.508 e. The van der Waals surface area contributed by atoms with Crippen LogP contribution in [0.15, 0.2) is 103 Å². The molecular formula is C92H107Cl2N7O26. The number of hydrogen-bond acceptors (Lipinski definition) is 26. The zero-order valence-electron chi connectivity index (χ0n) is 71.7. The molecule has 0 unspecified atom stereocenters. The number of likely N-dealkylation sites (N-methyl/N-ethyl adjacent to an activating group) is 1. The Morgan fingerprint density at radius 3 is 1.84 bits per heavy atom. The number of rotatable bonds is 18. The van der Waals surface area contributed by atoms with Crippen molar-refractivity contribution in [1.82, 2.24) is 31.5 Å². The second-order valence-corrected chi connectivity index (χ2v) is 37.2. The number of ketones is 3. The maximum atomic E-state index is 16.8. The molecule has 33 nitrogen and oxygen atoms in total. The van der Waals surface area contributed by atoms with Crippen molar-refractivity contribution in [1.29, 1.82) is 0 Å². The summed E-state index contributed by atoms with van der Waals surface area (Å²) in [5, 5.41) is 111. The molecule has 6 aliphatic heterocycles. The number of benzene rings is 6. The topological polar surface area (TPSA) is 490 Å². The summed E-state index contributed by atoms with van der Waals surface area (Å²) in [6.45, 7) is 15.2. The van der Waals surface area contributed by atoms with Crippen LogP contribution in [0.3, 0.4) is 0 Å². The molecule has 10 aliphatic rings. The third-order valence-electron chi connectivity index (χ3n) is 24.2. The number of aliphatic hydroxyl groups is 5. The number of carbonyl (C=O) groups excluding carboxylic acids is 11. The van der Waals surface area contributed by atoms with Crippen LogP contribution in [0.4, 0.5) is 15.3 Å². The van der Waals surface area contributed by atoms with Gasteiger partial charge in [0.25, 0.3) is 0 Å². The molecule has 14 atom stereocenters. The average molecular weight is 1800 g/mol. The Bertz CT molecular complexity index is 5220. The van der Waals surface area contributed by atoms with Crippen molar-refractivity contribution in [3.05, 3.63) is 141 Å². The zero-order valence-corrected chi connectivity index (χ0v) is 73.2. The van der Waals surface area contributed by atoms with Crippen LogP contribution in [-0.4, -0.2) is 184 Å². The summed E-state index contributed by atoms with van der Waals surface area (Å²) in [5.74, 6) is -17.3. The third-order valence-corrected chi connectivity index (χ3v) is 24.8. The van der Waals surface area contributed by atoms with E-state index in [-0.39, 0.29) is 93.5 Å². The molecule has 6 aromatic rings. The van der Waals surface area contributed by atoms with Gasteiger partial charge in [-0.1, -0.05) is 55.2 Å². The van der Waals surface area contributed by atoms with Crippen molar-refractivity contribution in [2.24, 2.45) is 41.4 Å². The second kappa shape index (κ2) is 38.4. The van der Waals surface area contributed by atoms with Crippen LogP contribution < -0.4 is 50.8 Å². The molecule has 0 aromatic heterocycles. The number of fused-ring (bicyclic) bond motifs is 15. The molecule has 127 heavy (non-hydrogen) atoms. The lowest BCUT2D eigenvalue weighted by molar-refractivity contribution is -0.273. The largest absolute Gasteiger partial charge is 0.508 e. The predicted molar refractivity (Wildman–Crippen MR) is 457 cm³/mol. The molecule has 15 bridgehead atoms. The summed E-state index contributed by atoms with van der Waals surface area (Å²) in [6, 6.07) is 9.73.